The van der Waals surface area contributed by atoms with Gasteiger partial charge in [-0.05, 0) is 6.92 Å². The Bertz CT molecular complexity index is 340. The monoisotopic (exact) mass is 231 g/mol. The van der Waals surface area contributed by atoms with Crippen LogP contribution in [-0.4, -0.2) is 27.8 Å². The molecule has 16 heavy (non-hydrogen) atoms. The summed E-state index contributed by atoms with van der Waals surface area (Å²) in [7, 11) is 0. The lowest BCUT2D eigenvalue weighted by Gasteiger charge is -2.19. The van der Waals surface area contributed by atoms with Gasteiger partial charge in [0.25, 0.3) is 0 Å². The Labute approximate surface area is 94.1 Å². The quantitative estimate of drug-likeness (QED) is 0.317. The molecule has 1 aliphatic rings. The second-order valence-corrected chi connectivity index (χ2v) is 5.12. The smallest absolute Gasteiger partial charge is 0.305 e. The summed E-state index contributed by atoms with van der Waals surface area (Å²) in [5.74, 6) is -1.49. The molecule has 0 radical (unpaired) electrons. The minimum Gasteiger partial charge on any atom is -0.430 e. The number of hydrogen-bond donors (Lipinski definition) is 0. The van der Waals surface area contributed by atoms with E-state index >= 15 is 0 Å². The number of esters is 1. The molecule has 0 aromatic heterocycles. The zero-order valence-electron chi connectivity index (χ0n) is 10.2. The van der Waals surface area contributed by atoms with E-state index in [1.807, 2.05) is 0 Å². The van der Waals surface area contributed by atoms with E-state index in [4.69, 9.17) is 9.47 Å². The second-order valence-electron chi connectivity index (χ2n) is 5.12. The molecule has 2 atom stereocenters. The third kappa shape index (κ3) is 2.16. The predicted molar refractivity (Wildman–Crippen MR) is 55.4 cm³/mol. The minimum absolute atomic E-state index is 0.191. The van der Waals surface area contributed by atoms with Crippen molar-refractivity contribution in [2.24, 2.45) is 0 Å². The molecule has 0 spiro atoms. The van der Waals surface area contributed by atoms with Gasteiger partial charge in [0, 0.05) is 32.6 Å². The zero-order valence-corrected chi connectivity index (χ0v) is 10.2. The largest absolute Gasteiger partial charge is 0.430 e. The maximum Gasteiger partial charge on any atom is 0.305 e. The van der Waals surface area contributed by atoms with Crippen molar-refractivity contribution in [2.45, 2.75) is 58.0 Å². The van der Waals surface area contributed by atoms with E-state index in [1.165, 1.54) is 20.8 Å². The van der Waals surface area contributed by atoms with E-state index < -0.39 is 22.9 Å². The SMILES string of the molecule is CC(=O)OC1(C)OC1(C)CC(C)(C)[N+](=O)[O-]. The van der Waals surface area contributed by atoms with Crippen LogP contribution in [0.15, 0.2) is 0 Å². The first-order chi connectivity index (χ1) is 7.02. The van der Waals surface area contributed by atoms with Crippen LogP contribution in [-0.2, 0) is 14.3 Å². The number of nitro groups is 1. The molecular formula is C10H17NO5. The molecule has 6 heteroatoms. The fourth-order valence-electron chi connectivity index (χ4n) is 1.89. The highest BCUT2D eigenvalue weighted by molar-refractivity contribution is 5.66. The molecule has 6 nitrogen and oxygen atoms in total. The maximum absolute atomic E-state index is 10.9. The van der Waals surface area contributed by atoms with Crippen LogP contribution < -0.4 is 0 Å². The van der Waals surface area contributed by atoms with Gasteiger partial charge in [-0.2, -0.15) is 0 Å². The van der Waals surface area contributed by atoms with Crippen molar-refractivity contribution in [3.05, 3.63) is 10.1 Å². The van der Waals surface area contributed by atoms with Crippen molar-refractivity contribution < 1.29 is 19.2 Å². The van der Waals surface area contributed by atoms with Crippen molar-refractivity contribution in [2.75, 3.05) is 0 Å². The molecule has 0 aromatic carbocycles. The second kappa shape index (κ2) is 3.41. The van der Waals surface area contributed by atoms with Gasteiger partial charge in [-0.15, -0.1) is 0 Å². The molecule has 0 saturated carbocycles. The summed E-state index contributed by atoms with van der Waals surface area (Å²) in [6, 6.07) is 0. The minimum atomic E-state index is -1.10. The normalized spacial score (nSPS) is 33.3. The van der Waals surface area contributed by atoms with Crippen LogP contribution in [0.4, 0.5) is 0 Å². The topological polar surface area (TPSA) is 82.0 Å². The zero-order chi connectivity index (χ0) is 12.8. The summed E-state index contributed by atoms with van der Waals surface area (Å²) in [5.41, 5.74) is -1.89. The lowest BCUT2D eigenvalue weighted by molar-refractivity contribution is -0.563. The average molecular weight is 231 g/mol. The van der Waals surface area contributed by atoms with E-state index in [-0.39, 0.29) is 11.3 Å². The van der Waals surface area contributed by atoms with Gasteiger partial charge in [0.15, 0.2) is 0 Å². The number of carbonyl (C=O) groups excluding carboxylic acids is 1. The summed E-state index contributed by atoms with van der Waals surface area (Å²) in [5, 5.41) is 10.8. The van der Waals surface area contributed by atoms with Crippen LogP contribution >= 0.6 is 0 Å². The van der Waals surface area contributed by atoms with Gasteiger partial charge < -0.3 is 9.47 Å². The lowest BCUT2D eigenvalue weighted by atomic mass is 9.89. The fourth-order valence-corrected chi connectivity index (χ4v) is 1.89. The van der Waals surface area contributed by atoms with Gasteiger partial charge in [0.1, 0.15) is 5.60 Å². The van der Waals surface area contributed by atoms with E-state index in [9.17, 15) is 14.9 Å². The Morgan fingerprint density at radius 3 is 2.38 bits per heavy atom. The van der Waals surface area contributed by atoms with E-state index in [0.29, 0.717) is 0 Å². The number of ether oxygens (including phenoxy) is 2. The average Bonchev–Trinajstić information content (AvgIpc) is 2.47. The Kier molecular flexibility index (Phi) is 2.75. The highest BCUT2D eigenvalue weighted by Crippen LogP contribution is 2.53. The van der Waals surface area contributed by atoms with Crippen LogP contribution in [0.5, 0.6) is 0 Å². The maximum atomic E-state index is 10.9. The van der Waals surface area contributed by atoms with Crippen molar-refractivity contribution >= 4 is 5.97 Å². The van der Waals surface area contributed by atoms with Gasteiger partial charge in [0.2, 0.25) is 11.3 Å². The van der Waals surface area contributed by atoms with Crippen molar-refractivity contribution in [3.63, 3.8) is 0 Å². The van der Waals surface area contributed by atoms with Gasteiger partial charge in [0.05, 0.1) is 6.42 Å². The highest BCUT2D eigenvalue weighted by atomic mass is 16.8. The summed E-state index contributed by atoms with van der Waals surface area (Å²) in [6.45, 7) is 7.65. The van der Waals surface area contributed by atoms with Crippen LogP contribution in [0, 0.1) is 10.1 Å². The fraction of sp³-hybridized carbons (Fsp3) is 0.900. The van der Waals surface area contributed by atoms with Crippen LogP contribution in [0.2, 0.25) is 0 Å². The number of epoxide rings is 1. The van der Waals surface area contributed by atoms with Crippen LogP contribution in [0.1, 0.15) is 41.0 Å². The molecule has 2 unspecified atom stereocenters. The number of hydrogen-bond acceptors (Lipinski definition) is 5. The molecule has 0 aromatic rings. The molecule has 1 saturated heterocycles. The van der Waals surface area contributed by atoms with Gasteiger partial charge >= 0.3 is 5.97 Å². The van der Waals surface area contributed by atoms with Crippen LogP contribution in [0.25, 0.3) is 0 Å². The molecular weight excluding hydrogens is 214 g/mol. The Balaban J connectivity index is 2.71. The Morgan fingerprint density at radius 1 is 1.50 bits per heavy atom. The molecule has 0 amide bonds. The first-order valence-corrected chi connectivity index (χ1v) is 5.07. The number of carbonyl (C=O) groups is 1. The first kappa shape index (κ1) is 12.9. The molecule has 1 heterocycles. The van der Waals surface area contributed by atoms with Gasteiger partial charge in [-0.3, -0.25) is 14.9 Å². The summed E-state index contributed by atoms with van der Waals surface area (Å²) in [6.07, 6.45) is 0.191. The molecule has 0 aliphatic carbocycles. The summed E-state index contributed by atoms with van der Waals surface area (Å²) >= 11 is 0. The first-order valence-electron chi connectivity index (χ1n) is 5.07. The predicted octanol–water partition coefficient (Wildman–Crippen LogP) is 1.50. The standard InChI is InChI=1S/C10H17NO5/c1-7(12)15-10(5)9(4,16-10)6-8(2,3)11(13)14/h6H2,1-5H3. The summed E-state index contributed by atoms with van der Waals surface area (Å²) < 4.78 is 10.3. The van der Waals surface area contributed by atoms with Gasteiger partial charge in [-0.25, -0.2) is 0 Å². The Hall–Kier alpha value is -1.17. The molecule has 0 bridgehead atoms. The lowest BCUT2D eigenvalue weighted by Crippen LogP contribution is -2.39. The Morgan fingerprint density at radius 2 is 2.00 bits per heavy atom. The molecule has 1 aliphatic heterocycles. The molecule has 1 rings (SSSR count). The highest BCUT2D eigenvalue weighted by Gasteiger charge is 2.70. The van der Waals surface area contributed by atoms with E-state index in [0.717, 1.165) is 0 Å². The molecule has 1 fully saturated rings. The number of nitrogens with zero attached hydrogens (tertiary/aromatic N) is 1. The number of rotatable bonds is 4. The van der Waals surface area contributed by atoms with E-state index in [1.54, 1.807) is 13.8 Å². The third-order valence-corrected chi connectivity index (χ3v) is 2.94. The van der Waals surface area contributed by atoms with Crippen molar-refractivity contribution in [1.82, 2.24) is 0 Å². The van der Waals surface area contributed by atoms with Crippen molar-refractivity contribution in [3.8, 4) is 0 Å². The van der Waals surface area contributed by atoms with Gasteiger partial charge in [-0.1, -0.05) is 0 Å². The van der Waals surface area contributed by atoms with E-state index in [2.05, 4.69) is 0 Å². The third-order valence-electron chi connectivity index (χ3n) is 2.94. The van der Waals surface area contributed by atoms with Crippen molar-refractivity contribution in [1.29, 1.82) is 0 Å². The summed E-state index contributed by atoms with van der Waals surface area (Å²) in [4.78, 5) is 21.3. The van der Waals surface area contributed by atoms with Crippen LogP contribution in [0.3, 0.4) is 0 Å². The molecule has 0 N–H and O–H groups in total. The molecule has 92 valence electrons.